The molecule has 0 bridgehead atoms. The van der Waals surface area contributed by atoms with E-state index in [2.05, 4.69) is 12.2 Å². The van der Waals surface area contributed by atoms with Crippen molar-refractivity contribution in [3.8, 4) is 10.4 Å². The molecule has 2 rings (SSSR count). The van der Waals surface area contributed by atoms with Crippen LogP contribution in [-0.2, 0) is 6.18 Å². The second kappa shape index (κ2) is 6.38. The summed E-state index contributed by atoms with van der Waals surface area (Å²) < 4.78 is 38.5. The van der Waals surface area contributed by atoms with Crippen LogP contribution in [-0.4, -0.2) is 7.05 Å². The summed E-state index contributed by atoms with van der Waals surface area (Å²) in [6, 6.07) is 7.64. The van der Waals surface area contributed by atoms with Crippen molar-refractivity contribution in [2.45, 2.75) is 25.6 Å². The maximum absolute atomic E-state index is 12.8. The number of benzene rings is 1. The van der Waals surface area contributed by atoms with E-state index in [1.54, 1.807) is 6.07 Å². The lowest BCUT2D eigenvalue weighted by atomic mass is 10.1. The van der Waals surface area contributed by atoms with Crippen LogP contribution in [0.2, 0.25) is 5.02 Å². The molecule has 0 radical (unpaired) electrons. The zero-order valence-electron chi connectivity index (χ0n) is 11.6. The zero-order chi connectivity index (χ0) is 15.6. The molecule has 0 amide bonds. The first-order valence-corrected chi connectivity index (χ1v) is 7.69. The summed E-state index contributed by atoms with van der Waals surface area (Å²) in [7, 11) is 1.87. The van der Waals surface area contributed by atoms with Crippen LogP contribution < -0.4 is 5.32 Å². The average molecular weight is 334 g/mol. The summed E-state index contributed by atoms with van der Waals surface area (Å²) >= 11 is 7.30. The Bertz CT molecular complexity index is 618. The van der Waals surface area contributed by atoms with Gasteiger partial charge in [0.25, 0.3) is 0 Å². The molecule has 0 aliphatic rings. The molecule has 0 aliphatic heterocycles. The Kier molecular flexibility index (Phi) is 4.96. The molecule has 0 spiro atoms. The highest BCUT2D eigenvalue weighted by Crippen LogP contribution is 2.38. The van der Waals surface area contributed by atoms with Crippen molar-refractivity contribution < 1.29 is 13.2 Å². The van der Waals surface area contributed by atoms with Crippen LogP contribution in [0.3, 0.4) is 0 Å². The van der Waals surface area contributed by atoms with E-state index >= 15 is 0 Å². The number of nitrogens with one attached hydrogen (secondary N) is 1. The minimum absolute atomic E-state index is 0.0930. The summed E-state index contributed by atoms with van der Waals surface area (Å²) in [6.45, 7) is 2.06. The molecule has 1 heterocycles. The number of hydrogen-bond acceptors (Lipinski definition) is 2. The van der Waals surface area contributed by atoms with Crippen molar-refractivity contribution in [2.24, 2.45) is 0 Å². The molecule has 1 aromatic carbocycles. The molecule has 2 aromatic rings. The lowest BCUT2D eigenvalue weighted by Gasteiger charge is -2.11. The van der Waals surface area contributed by atoms with Gasteiger partial charge in [0, 0.05) is 20.8 Å². The third kappa shape index (κ3) is 3.78. The maximum Gasteiger partial charge on any atom is 0.416 e. The number of thiophene rings is 1. The fraction of sp³-hybridized carbons (Fsp3) is 0.333. The van der Waals surface area contributed by atoms with Crippen LogP contribution in [0.5, 0.6) is 0 Å². The van der Waals surface area contributed by atoms with Gasteiger partial charge in [-0.25, -0.2) is 0 Å². The third-order valence-corrected chi connectivity index (χ3v) is 4.70. The number of alkyl halides is 3. The minimum Gasteiger partial charge on any atom is -0.312 e. The number of halogens is 4. The number of hydrogen-bond donors (Lipinski definition) is 1. The normalized spacial score (nSPS) is 13.4. The van der Waals surface area contributed by atoms with Crippen molar-refractivity contribution >= 4 is 22.9 Å². The summed E-state index contributed by atoms with van der Waals surface area (Å²) in [5.41, 5.74) is -0.224. The van der Waals surface area contributed by atoms with Crippen LogP contribution in [0, 0.1) is 0 Å². The van der Waals surface area contributed by atoms with E-state index in [0.29, 0.717) is 5.56 Å². The van der Waals surface area contributed by atoms with E-state index in [0.717, 1.165) is 28.3 Å². The summed E-state index contributed by atoms with van der Waals surface area (Å²) in [4.78, 5) is 1.88. The smallest absolute Gasteiger partial charge is 0.312 e. The van der Waals surface area contributed by atoms with Crippen LogP contribution in [0.1, 0.15) is 29.8 Å². The van der Waals surface area contributed by atoms with Gasteiger partial charge < -0.3 is 5.32 Å². The maximum atomic E-state index is 12.8. The van der Waals surface area contributed by atoms with Crippen LogP contribution in [0.15, 0.2) is 30.3 Å². The van der Waals surface area contributed by atoms with Gasteiger partial charge >= 0.3 is 6.18 Å². The van der Waals surface area contributed by atoms with Gasteiger partial charge in [0.1, 0.15) is 0 Å². The van der Waals surface area contributed by atoms with Gasteiger partial charge in [-0.3, -0.25) is 0 Å². The van der Waals surface area contributed by atoms with Gasteiger partial charge in [0.15, 0.2) is 0 Å². The summed E-state index contributed by atoms with van der Waals surface area (Å²) in [6.07, 6.45) is -3.48. The second-order valence-electron chi connectivity index (χ2n) is 4.68. The molecule has 0 saturated heterocycles. The SMILES string of the molecule is CCC(NC)c1ccc(-c2cc(Cl)cc(C(F)(F)F)c2)s1. The van der Waals surface area contributed by atoms with Crippen molar-refractivity contribution in [1.82, 2.24) is 5.32 Å². The molecule has 114 valence electrons. The highest BCUT2D eigenvalue weighted by atomic mass is 35.5. The Morgan fingerprint density at radius 2 is 1.95 bits per heavy atom. The quantitative estimate of drug-likeness (QED) is 0.750. The topological polar surface area (TPSA) is 12.0 Å². The monoisotopic (exact) mass is 333 g/mol. The zero-order valence-corrected chi connectivity index (χ0v) is 13.2. The van der Waals surface area contributed by atoms with Gasteiger partial charge in [0.2, 0.25) is 0 Å². The fourth-order valence-corrected chi connectivity index (χ4v) is 3.56. The fourth-order valence-electron chi connectivity index (χ4n) is 2.14. The van der Waals surface area contributed by atoms with E-state index in [1.807, 2.05) is 19.2 Å². The molecule has 1 aromatic heterocycles. The van der Waals surface area contributed by atoms with E-state index in [1.165, 1.54) is 11.3 Å². The van der Waals surface area contributed by atoms with Crippen LogP contribution in [0.25, 0.3) is 10.4 Å². The molecule has 1 N–H and O–H groups in total. The Morgan fingerprint density at radius 3 is 2.52 bits per heavy atom. The standard InChI is InChI=1S/C15H15ClF3NS/c1-3-12(20-2)14-5-4-13(21-14)9-6-10(15(17,18)19)8-11(16)7-9/h4-8,12,20H,3H2,1-2H3. The lowest BCUT2D eigenvalue weighted by Crippen LogP contribution is -2.13. The first-order valence-electron chi connectivity index (χ1n) is 6.50. The molecule has 1 nitrogen and oxygen atoms in total. The Balaban J connectivity index is 2.41. The van der Waals surface area contributed by atoms with Gasteiger partial charge in [-0.05, 0) is 49.4 Å². The molecule has 1 atom stereocenters. The average Bonchev–Trinajstić information content (AvgIpc) is 2.88. The first kappa shape index (κ1) is 16.3. The highest BCUT2D eigenvalue weighted by Gasteiger charge is 2.31. The molecule has 0 aliphatic carbocycles. The van der Waals surface area contributed by atoms with Crippen LogP contribution in [0.4, 0.5) is 13.2 Å². The van der Waals surface area contributed by atoms with E-state index < -0.39 is 11.7 Å². The highest BCUT2D eigenvalue weighted by molar-refractivity contribution is 7.15. The van der Waals surface area contributed by atoms with Crippen molar-refractivity contribution in [3.05, 3.63) is 45.8 Å². The number of rotatable bonds is 4. The molecular formula is C15H15ClF3NS. The lowest BCUT2D eigenvalue weighted by molar-refractivity contribution is -0.137. The third-order valence-electron chi connectivity index (χ3n) is 3.24. The predicted molar refractivity (Wildman–Crippen MR) is 81.9 cm³/mol. The van der Waals surface area contributed by atoms with Crippen molar-refractivity contribution in [2.75, 3.05) is 7.05 Å². The van der Waals surface area contributed by atoms with Crippen LogP contribution >= 0.6 is 22.9 Å². The summed E-state index contributed by atoms with van der Waals surface area (Å²) in [5, 5.41) is 3.28. The van der Waals surface area contributed by atoms with Crippen molar-refractivity contribution in [1.29, 1.82) is 0 Å². The molecule has 6 heteroatoms. The van der Waals surface area contributed by atoms with E-state index in [4.69, 9.17) is 11.6 Å². The van der Waals surface area contributed by atoms with E-state index in [-0.39, 0.29) is 11.1 Å². The van der Waals surface area contributed by atoms with Crippen molar-refractivity contribution in [3.63, 3.8) is 0 Å². The minimum atomic E-state index is -4.39. The Labute approximate surface area is 130 Å². The first-order chi connectivity index (χ1) is 9.85. The van der Waals surface area contributed by atoms with Gasteiger partial charge in [-0.2, -0.15) is 13.2 Å². The Hall–Kier alpha value is -1.04. The molecule has 21 heavy (non-hydrogen) atoms. The van der Waals surface area contributed by atoms with Gasteiger partial charge in [-0.15, -0.1) is 11.3 Å². The van der Waals surface area contributed by atoms with Gasteiger partial charge in [0.05, 0.1) is 5.56 Å². The second-order valence-corrected chi connectivity index (χ2v) is 6.23. The Morgan fingerprint density at radius 1 is 1.24 bits per heavy atom. The molecular weight excluding hydrogens is 319 g/mol. The molecule has 0 saturated carbocycles. The predicted octanol–water partition coefficient (Wildman–Crippen LogP) is 5.76. The van der Waals surface area contributed by atoms with Gasteiger partial charge in [-0.1, -0.05) is 18.5 Å². The molecule has 1 unspecified atom stereocenters. The largest absolute Gasteiger partial charge is 0.416 e. The molecule has 0 fully saturated rings. The summed E-state index contributed by atoms with van der Waals surface area (Å²) in [5.74, 6) is 0. The van der Waals surface area contributed by atoms with E-state index in [9.17, 15) is 13.2 Å².